The number of quaternary nitrogens is 1. The van der Waals surface area contributed by atoms with E-state index in [0.717, 1.165) is 53.7 Å². The summed E-state index contributed by atoms with van der Waals surface area (Å²) in [5.74, 6) is 1.77. The molecule has 1 fully saturated rings. The van der Waals surface area contributed by atoms with Gasteiger partial charge in [0.05, 0.1) is 51.0 Å². The molecule has 6 heteroatoms. The van der Waals surface area contributed by atoms with Crippen molar-refractivity contribution in [1.82, 2.24) is 10.4 Å². The van der Waals surface area contributed by atoms with Gasteiger partial charge in [0.25, 0.3) is 0 Å². The highest BCUT2D eigenvalue weighted by atomic mass is 35.5. The van der Waals surface area contributed by atoms with Crippen LogP contribution >= 0.6 is 11.6 Å². The number of hydrogen-bond donors (Lipinski definition) is 2. The molecule has 1 saturated heterocycles. The van der Waals surface area contributed by atoms with Gasteiger partial charge in [-0.1, -0.05) is 11.6 Å². The summed E-state index contributed by atoms with van der Waals surface area (Å²) in [6.45, 7) is 2.17. The van der Waals surface area contributed by atoms with Gasteiger partial charge >= 0.3 is 0 Å². The van der Waals surface area contributed by atoms with Crippen LogP contribution in [0.2, 0.25) is 5.02 Å². The second-order valence-electron chi connectivity index (χ2n) is 7.17. The van der Waals surface area contributed by atoms with Crippen LogP contribution in [0.3, 0.4) is 0 Å². The van der Waals surface area contributed by atoms with Gasteiger partial charge < -0.3 is 19.5 Å². The van der Waals surface area contributed by atoms with Crippen LogP contribution < -0.4 is 15.1 Å². The number of furan rings is 1. The van der Waals surface area contributed by atoms with E-state index in [0.29, 0.717) is 0 Å². The third-order valence-electron chi connectivity index (χ3n) is 5.54. The first-order valence-electron chi connectivity index (χ1n) is 8.76. The molecule has 0 amide bonds. The highest BCUT2D eigenvalue weighted by Crippen LogP contribution is 2.48. The Morgan fingerprint density at radius 1 is 1.28 bits per heavy atom. The number of benzene rings is 1. The van der Waals surface area contributed by atoms with E-state index in [2.05, 4.69) is 23.6 Å². The predicted molar refractivity (Wildman–Crippen MR) is 95.1 cm³/mol. The number of fused-ring (bicyclic) bond motifs is 4. The summed E-state index contributed by atoms with van der Waals surface area (Å²) < 4.78 is 12.2. The molecule has 0 bridgehead atoms. The first-order valence-corrected chi connectivity index (χ1v) is 9.14. The first kappa shape index (κ1) is 15.3. The fourth-order valence-electron chi connectivity index (χ4n) is 4.13. The van der Waals surface area contributed by atoms with Crippen LogP contribution in [0, 0.1) is 0 Å². The molecular weight excluding hydrogens is 338 g/mol. The number of nitrogens with one attached hydrogen (secondary N) is 2. The minimum Gasteiger partial charge on any atom is -0.470 e. The number of piperidine rings is 1. The van der Waals surface area contributed by atoms with Gasteiger partial charge in [-0.2, -0.15) is 5.01 Å². The van der Waals surface area contributed by atoms with Gasteiger partial charge in [0.2, 0.25) is 0 Å². The molecule has 1 spiro atoms. The Hall–Kier alpha value is -1.95. The van der Waals surface area contributed by atoms with Crippen LogP contribution in [0.5, 0.6) is 5.75 Å². The predicted octanol–water partition coefficient (Wildman–Crippen LogP) is 2.23. The Balaban J connectivity index is 1.60. The third-order valence-corrected chi connectivity index (χ3v) is 5.78. The summed E-state index contributed by atoms with van der Waals surface area (Å²) in [5.41, 5.74) is 5.30. The minimum absolute atomic E-state index is 0.0842. The highest BCUT2D eigenvalue weighted by Gasteiger charge is 2.52. The van der Waals surface area contributed by atoms with E-state index in [1.165, 1.54) is 0 Å². The molecule has 5 nitrogen and oxygen atoms in total. The molecule has 4 heterocycles. The molecule has 1 unspecified atom stereocenters. The molecule has 25 heavy (non-hydrogen) atoms. The van der Waals surface area contributed by atoms with Gasteiger partial charge in [-0.15, -0.1) is 0 Å². The van der Waals surface area contributed by atoms with Crippen LogP contribution in [0.25, 0.3) is 5.70 Å². The third kappa shape index (κ3) is 2.38. The topological polar surface area (TPSA) is 42.1 Å². The van der Waals surface area contributed by atoms with Crippen LogP contribution in [-0.4, -0.2) is 30.9 Å². The van der Waals surface area contributed by atoms with E-state index >= 15 is 0 Å². The summed E-state index contributed by atoms with van der Waals surface area (Å²) in [4.78, 5) is 1.55. The second kappa shape index (κ2) is 5.53. The molecule has 5 rings (SSSR count). The van der Waals surface area contributed by atoms with E-state index in [9.17, 15) is 0 Å². The van der Waals surface area contributed by atoms with Crippen molar-refractivity contribution in [2.75, 3.05) is 20.1 Å². The standard InChI is InChI=1S/C19H20ClN3O2/c1-22-8-6-19(7-9-22)23-16(12-15(21-23)18-3-2-10-24-18)14-11-13(20)4-5-17(14)25-19/h2-5,10-12,16,21H,6-9H2,1H3/p+1. The Bertz CT molecular complexity index is 825. The van der Waals surface area contributed by atoms with Crippen molar-refractivity contribution in [3.05, 3.63) is 59.0 Å². The zero-order valence-electron chi connectivity index (χ0n) is 14.1. The Morgan fingerprint density at radius 3 is 2.88 bits per heavy atom. The number of hydrazine groups is 1. The summed E-state index contributed by atoms with van der Waals surface area (Å²) in [7, 11) is 2.24. The molecule has 2 N–H and O–H groups in total. The SMILES string of the molecule is C[NH+]1CCC2(CC1)Oc1ccc(Cl)cc1C1C=C(c3ccco3)NN12. The largest absolute Gasteiger partial charge is 0.470 e. The summed E-state index contributed by atoms with van der Waals surface area (Å²) in [6.07, 6.45) is 5.86. The summed E-state index contributed by atoms with van der Waals surface area (Å²) >= 11 is 6.26. The number of ether oxygens (including phenoxy) is 1. The average molecular weight is 359 g/mol. The van der Waals surface area contributed by atoms with E-state index in [1.807, 2.05) is 30.3 Å². The Labute approximate surface area is 151 Å². The first-order chi connectivity index (χ1) is 12.1. The van der Waals surface area contributed by atoms with Crippen LogP contribution in [0.15, 0.2) is 47.1 Å². The molecule has 0 aliphatic carbocycles. The lowest BCUT2D eigenvalue weighted by atomic mass is 9.93. The summed E-state index contributed by atoms with van der Waals surface area (Å²) in [5, 5.41) is 2.99. The lowest BCUT2D eigenvalue weighted by molar-refractivity contribution is -0.888. The van der Waals surface area contributed by atoms with E-state index in [-0.39, 0.29) is 11.8 Å². The van der Waals surface area contributed by atoms with Gasteiger partial charge in [0, 0.05) is 10.6 Å². The lowest BCUT2D eigenvalue weighted by Crippen LogP contribution is -3.11. The van der Waals surface area contributed by atoms with E-state index < -0.39 is 0 Å². The van der Waals surface area contributed by atoms with Crippen LogP contribution in [0.4, 0.5) is 0 Å². The number of nitrogens with zero attached hydrogens (tertiary/aromatic N) is 1. The number of likely N-dealkylation sites (tertiary alicyclic amines) is 1. The molecular formula is C19H21ClN3O2+. The van der Waals surface area contributed by atoms with Crippen molar-refractivity contribution in [2.45, 2.75) is 24.6 Å². The molecule has 3 aliphatic heterocycles. The average Bonchev–Trinajstić information content (AvgIpc) is 3.28. The Morgan fingerprint density at radius 2 is 2.12 bits per heavy atom. The molecule has 1 aromatic heterocycles. The lowest BCUT2D eigenvalue weighted by Gasteiger charge is -2.50. The van der Waals surface area contributed by atoms with Gasteiger partial charge in [0.1, 0.15) is 5.75 Å². The van der Waals surface area contributed by atoms with Gasteiger partial charge in [-0.25, -0.2) is 0 Å². The van der Waals surface area contributed by atoms with Gasteiger partial charge in [-0.3, -0.25) is 0 Å². The van der Waals surface area contributed by atoms with Crippen molar-refractivity contribution in [3.8, 4) is 5.75 Å². The molecule has 0 radical (unpaired) electrons. The normalized spacial score (nSPS) is 31.0. The molecule has 130 valence electrons. The highest BCUT2D eigenvalue weighted by molar-refractivity contribution is 6.30. The Kier molecular flexibility index (Phi) is 3.39. The monoisotopic (exact) mass is 358 g/mol. The maximum atomic E-state index is 6.57. The van der Waals surface area contributed by atoms with Gasteiger partial charge in [-0.05, 0) is 36.4 Å². The molecule has 2 aromatic rings. The zero-order valence-corrected chi connectivity index (χ0v) is 14.8. The number of hydrogen-bond acceptors (Lipinski definition) is 4. The van der Waals surface area contributed by atoms with Crippen LogP contribution in [-0.2, 0) is 0 Å². The van der Waals surface area contributed by atoms with Crippen molar-refractivity contribution >= 4 is 17.3 Å². The zero-order chi connectivity index (χ0) is 17.0. The fourth-order valence-corrected chi connectivity index (χ4v) is 4.31. The van der Waals surface area contributed by atoms with E-state index in [1.54, 1.807) is 11.2 Å². The van der Waals surface area contributed by atoms with Crippen molar-refractivity contribution in [1.29, 1.82) is 0 Å². The second-order valence-corrected chi connectivity index (χ2v) is 7.61. The molecule has 1 atom stereocenters. The smallest absolute Gasteiger partial charge is 0.191 e. The maximum absolute atomic E-state index is 6.57. The van der Waals surface area contributed by atoms with Gasteiger partial charge in [0.15, 0.2) is 11.5 Å². The van der Waals surface area contributed by atoms with Crippen molar-refractivity contribution in [3.63, 3.8) is 0 Å². The van der Waals surface area contributed by atoms with E-state index in [4.69, 9.17) is 20.8 Å². The maximum Gasteiger partial charge on any atom is 0.191 e. The van der Waals surface area contributed by atoms with Crippen molar-refractivity contribution < 1.29 is 14.1 Å². The molecule has 3 aliphatic rings. The quantitative estimate of drug-likeness (QED) is 0.820. The fraction of sp³-hybridized carbons (Fsp3) is 0.368. The molecule has 1 aromatic carbocycles. The molecule has 0 saturated carbocycles. The minimum atomic E-state index is -0.337. The summed E-state index contributed by atoms with van der Waals surface area (Å²) in [6, 6.07) is 9.88. The number of halogens is 1. The van der Waals surface area contributed by atoms with Crippen LogP contribution in [0.1, 0.15) is 30.2 Å². The number of rotatable bonds is 1. The van der Waals surface area contributed by atoms with Crippen molar-refractivity contribution in [2.24, 2.45) is 0 Å².